The molecule has 0 saturated carbocycles. The van der Waals surface area contributed by atoms with E-state index in [1.54, 1.807) is 18.2 Å². The third kappa shape index (κ3) is 7.61. The number of hydrogen-bond donors (Lipinski definition) is 2. The summed E-state index contributed by atoms with van der Waals surface area (Å²) in [5.74, 6) is -1.27. The molecule has 33 heavy (non-hydrogen) atoms. The van der Waals surface area contributed by atoms with Crippen LogP contribution in [0.4, 0.5) is 0 Å². The van der Waals surface area contributed by atoms with Gasteiger partial charge in [0, 0.05) is 25.3 Å². The van der Waals surface area contributed by atoms with E-state index in [1.165, 1.54) is 6.92 Å². The summed E-state index contributed by atoms with van der Waals surface area (Å²) in [5, 5.41) is 5.63. The zero-order valence-electron chi connectivity index (χ0n) is 18.8. The van der Waals surface area contributed by atoms with E-state index in [9.17, 15) is 14.4 Å². The van der Waals surface area contributed by atoms with Crippen LogP contribution in [-0.2, 0) is 27.2 Å². The minimum Gasteiger partial charge on any atom is -0.442 e. The van der Waals surface area contributed by atoms with Crippen molar-refractivity contribution in [3.8, 4) is 0 Å². The zero-order chi connectivity index (χ0) is 23.6. The summed E-state index contributed by atoms with van der Waals surface area (Å²) in [6.07, 6.45) is -0.246. The highest BCUT2D eigenvalue weighted by Gasteiger charge is 2.25. The Kier molecular flexibility index (Phi) is 8.36. The predicted molar refractivity (Wildman–Crippen MR) is 126 cm³/mol. The van der Waals surface area contributed by atoms with Crippen molar-refractivity contribution in [1.29, 1.82) is 0 Å². The Labute approximate surface area is 194 Å². The van der Waals surface area contributed by atoms with Crippen LogP contribution < -0.4 is 10.6 Å². The van der Waals surface area contributed by atoms with Crippen molar-refractivity contribution < 1.29 is 19.1 Å². The lowest BCUT2D eigenvalue weighted by molar-refractivity contribution is -0.149. The molecule has 170 valence electrons. The first-order chi connectivity index (χ1) is 15.9. The Morgan fingerprint density at radius 3 is 1.97 bits per heavy atom. The van der Waals surface area contributed by atoms with Gasteiger partial charge in [0.15, 0.2) is 6.23 Å². The summed E-state index contributed by atoms with van der Waals surface area (Å²) in [7, 11) is 0. The number of carbonyl (C=O) groups excluding carboxylic acids is 3. The Hall–Kier alpha value is -3.93. The Morgan fingerprint density at radius 2 is 1.39 bits per heavy atom. The Morgan fingerprint density at radius 1 is 0.788 bits per heavy atom. The fourth-order valence-corrected chi connectivity index (χ4v) is 3.50. The van der Waals surface area contributed by atoms with Gasteiger partial charge in [-0.25, -0.2) is 0 Å². The molecule has 2 amide bonds. The van der Waals surface area contributed by atoms with Gasteiger partial charge in [0.2, 0.25) is 5.91 Å². The molecule has 0 unspecified atom stereocenters. The Bertz CT molecular complexity index is 1080. The molecule has 0 aliphatic carbocycles. The first-order valence-corrected chi connectivity index (χ1v) is 10.8. The molecule has 0 spiro atoms. The van der Waals surface area contributed by atoms with Crippen LogP contribution in [0.15, 0.2) is 84.9 Å². The zero-order valence-corrected chi connectivity index (χ0v) is 18.8. The summed E-state index contributed by atoms with van der Waals surface area (Å²) in [6.45, 7) is 3.20. The fraction of sp³-hybridized carbons (Fsp3) is 0.222. The van der Waals surface area contributed by atoms with Gasteiger partial charge in [-0.1, -0.05) is 78.4 Å². The van der Waals surface area contributed by atoms with Crippen LogP contribution in [0.5, 0.6) is 0 Å². The quantitative estimate of drug-likeness (QED) is 0.390. The Balaban J connectivity index is 1.78. The number of aryl methyl sites for hydroxylation is 1. The maximum Gasteiger partial charge on any atom is 0.304 e. The topological polar surface area (TPSA) is 84.5 Å². The molecule has 2 atom stereocenters. The summed E-state index contributed by atoms with van der Waals surface area (Å²) < 4.78 is 5.35. The van der Waals surface area contributed by atoms with Crippen LogP contribution in [0.1, 0.15) is 34.0 Å². The lowest BCUT2D eigenvalue weighted by Gasteiger charge is -2.23. The number of benzene rings is 3. The van der Waals surface area contributed by atoms with Crippen LogP contribution in [0.25, 0.3) is 0 Å². The second kappa shape index (κ2) is 11.6. The molecule has 3 aromatic carbocycles. The van der Waals surface area contributed by atoms with E-state index < -0.39 is 24.1 Å². The van der Waals surface area contributed by atoms with Gasteiger partial charge in [-0.15, -0.1) is 0 Å². The van der Waals surface area contributed by atoms with Gasteiger partial charge in [0.1, 0.15) is 6.04 Å². The highest BCUT2D eigenvalue weighted by atomic mass is 16.6. The van der Waals surface area contributed by atoms with E-state index in [4.69, 9.17) is 4.74 Å². The number of amides is 2. The minimum atomic E-state index is -0.855. The number of rotatable bonds is 9. The van der Waals surface area contributed by atoms with Crippen molar-refractivity contribution in [2.45, 2.75) is 39.0 Å². The van der Waals surface area contributed by atoms with Crippen molar-refractivity contribution in [3.05, 3.63) is 107 Å². The number of esters is 1. The van der Waals surface area contributed by atoms with Gasteiger partial charge < -0.3 is 15.4 Å². The predicted octanol–water partition coefficient (Wildman–Crippen LogP) is 3.58. The number of hydrogen-bond acceptors (Lipinski definition) is 4. The lowest BCUT2D eigenvalue weighted by Crippen LogP contribution is -2.52. The van der Waals surface area contributed by atoms with Gasteiger partial charge in [-0.05, 0) is 30.2 Å². The van der Waals surface area contributed by atoms with Crippen molar-refractivity contribution in [3.63, 3.8) is 0 Å². The van der Waals surface area contributed by atoms with E-state index in [0.29, 0.717) is 18.4 Å². The molecule has 3 rings (SSSR count). The molecule has 0 saturated heterocycles. The molecular formula is C27H28N2O4. The third-order valence-electron chi connectivity index (χ3n) is 5.06. The third-order valence-corrected chi connectivity index (χ3v) is 5.06. The molecule has 6 nitrogen and oxygen atoms in total. The molecule has 0 heterocycles. The molecule has 0 aromatic heterocycles. The number of carbonyl (C=O) groups is 3. The molecule has 6 heteroatoms. The van der Waals surface area contributed by atoms with E-state index >= 15 is 0 Å². The number of nitrogens with one attached hydrogen (secondary N) is 2. The van der Waals surface area contributed by atoms with Crippen LogP contribution >= 0.6 is 0 Å². The molecule has 0 fully saturated rings. The van der Waals surface area contributed by atoms with E-state index in [2.05, 4.69) is 10.6 Å². The van der Waals surface area contributed by atoms with Gasteiger partial charge >= 0.3 is 5.97 Å². The highest BCUT2D eigenvalue weighted by molar-refractivity contribution is 5.97. The summed E-state index contributed by atoms with van der Waals surface area (Å²) in [5.41, 5.74) is 3.23. The molecule has 2 N–H and O–H groups in total. The smallest absolute Gasteiger partial charge is 0.304 e. The van der Waals surface area contributed by atoms with Crippen molar-refractivity contribution >= 4 is 17.8 Å². The maximum atomic E-state index is 13.2. The van der Waals surface area contributed by atoms with Crippen LogP contribution in [0.2, 0.25) is 0 Å². The molecule has 0 aliphatic rings. The molecule has 3 aromatic rings. The summed E-state index contributed by atoms with van der Waals surface area (Å²) in [4.78, 5) is 37.8. The van der Waals surface area contributed by atoms with E-state index in [-0.39, 0.29) is 5.91 Å². The second-order valence-electron chi connectivity index (χ2n) is 7.88. The van der Waals surface area contributed by atoms with Crippen LogP contribution in [-0.4, -0.2) is 30.1 Å². The van der Waals surface area contributed by atoms with Gasteiger partial charge in [0.05, 0.1) is 0 Å². The minimum absolute atomic E-state index is 0.294. The first kappa shape index (κ1) is 23.7. The average Bonchev–Trinajstić information content (AvgIpc) is 2.79. The van der Waals surface area contributed by atoms with E-state index in [1.807, 2.05) is 73.7 Å². The average molecular weight is 445 g/mol. The second-order valence-corrected chi connectivity index (χ2v) is 7.88. The van der Waals surface area contributed by atoms with Gasteiger partial charge in [-0.3, -0.25) is 14.4 Å². The van der Waals surface area contributed by atoms with Crippen molar-refractivity contribution in [2.75, 3.05) is 0 Å². The normalized spacial score (nSPS) is 12.3. The lowest BCUT2D eigenvalue weighted by atomic mass is 10.0. The monoisotopic (exact) mass is 444 g/mol. The van der Waals surface area contributed by atoms with Gasteiger partial charge in [-0.2, -0.15) is 0 Å². The fourth-order valence-electron chi connectivity index (χ4n) is 3.50. The summed E-state index contributed by atoms with van der Waals surface area (Å²) in [6, 6.07) is 25.2. The van der Waals surface area contributed by atoms with Crippen molar-refractivity contribution in [2.24, 2.45) is 0 Å². The molecule has 0 radical (unpaired) electrons. The molecule has 0 bridgehead atoms. The van der Waals surface area contributed by atoms with Crippen LogP contribution in [0.3, 0.4) is 0 Å². The number of ether oxygens (including phenoxy) is 1. The molecular weight excluding hydrogens is 416 g/mol. The summed E-state index contributed by atoms with van der Waals surface area (Å²) >= 11 is 0. The van der Waals surface area contributed by atoms with Crippen molar-refractivity contribution in [1.82, 2.24) is 10.6 Å². The maximum absolute atomic E-state index is 13.2. The highest BCUT2D eigenvalue weighted by Crippen LogP contribution is 2.09. The van der Waals surface area contributed by atoms with Gasteiger partial charge in [0.25, 0.3) is 5.91 Å². The largest absolute Gasteiger partial charge is 0.442 e. The first-order valence-electron chi connectivity index (χ1n) is 10.8. The standard InChI is InChI=1S/C27H28N2O4/c1-19-10-9-15-23(16-19)26(31)28-24(17-21-11-5-3-6-12-21)27(32)29-25(33-20(2)30)18-22-13-7-4-8-14-22/h3-16,24-25H,17-18H2,1-2H3,(H,28,31)(H,29,32)/t24-,25+/m0/s1. The van der Waals surface area contributed by atoms with Crippen LogP contribution in [0, 0.1) is 6.92 Å². The van der Waals surface area contributed by atoms with E-state index in [0.717, 1.165) is 16.7 Å². The molecule has 0 aliphatic heterocycles. The SMILES string of the molecule is CC(=O)O[C@H](Cc1ccccc1)NC(=O)[C@H](Cc1ccccc1)NC(=O)c1cccc(C)c1.